The van der Waals surface area contributed by atoms with Gasteiger partial charge < -0.3 is 19.3 Å². The number of aliphatic hydroxyl groups excluding tert-OH is 1. The molecule has 2 saturated carbocycles. The van der Waals surface area contributed by atoms with Crippen LogP contribution in [0, 0.1) is 17.3 Å². The SMILES string of the molecule is C=C1C(=O)OC2C1C(O)CC1(C)C(OC(=O)C(C)=CC)CCC3(CO3)C21. The van der Waals surface area contributed by atoms with Crippen LogP contribution in [-0.2, 0) is 23.8 Å². The van der Waals surface area contributed by atoms with Crippen molar-refractivity contribution < 1.29 is 28.9 Å². The number of allylic oxidation sites excluding steroid dienone is 1. The molecule has 4 aliphatic rings. The van der Waals surface area contributed by atoms with Gasteiger partial charge in [0, 0.05) is 22.5 Å². The van der Waals surface area contributed by atoms with Crippen LogP contribution in [0.3, 0.4) is 0 Å². The molecule has 26 heavy (non-hydrogen) atoms. The molecule has 0 aromatic rings. The van der Waals surface area contributed by atoms with Crippen LogP contribution in [0.15, 0.2) is 23.8 Å². The largest absolute Gasteiger partial charge is 0.458 e. The molecule has 142 valence electrons. The zero-order chi connectivity index (χ0) is 18.9. The molecule has 2 saturated heterocycles. The van der Waals surface area contributed by atoms with E-state index in [-0.39, 0.29) is 23.6 Å². The van der Waals surface area contributed by atoms with Gasteiger partial charge in [-0.25, -0.2) is 9.59 Å². The van der Waals surface area contributed by atoms with Gasteiger partial charge in [0.05, 0.1) is 24.2 Å². The number of hydrogen-bond donors (Lipinski definition) is 1. The molecule has 7 atom stereocenters. The Kier molecular flexibility index (Phi) is 3.87. The van der Waals surface area contributed by atoms with E-state index in [2.05, 4.69) is 6.58 Å². The van der Waals surface area contributed by atoms with Crippen molar-refractivity contribution in [3.8, 4) is 0 Å². The summed E-state index contributed by atoms with van der Waals surface area (Å²) in [6.45, 7) is 10.00. The standard InChI is InChI=1S/C20H26O6/c1-5-10(2)17(22)25-13-6-7-20(9-24-20)16-15-14(11(3)18(23)26-15)12(21)8-19(13,16)4/h5,12-16,21H,3,6-9H2,1-2,4H3. The van der Waals surface area contributed by atoms with Gasteiger partial charge >= 0.3 is 11.9 Å². The summed E-state index contributed by atoms with van der Waals surface area (Å²) in [6, 6.07) is 0. The van der Waals surface area contributed by atoms with Crippen LogP contribution in [0.25, 0.3) is 0 Å². The number of aliphatic hydroxyl groups is 1. The Labute approximate surface area is 153 Å². The van der Waals surface area contributed by atoms with Gasteiger partial charge in [-0.05, 0) is 33.1 Å². The highest BCUT2D eigenvalue weighted by molar-refractivity contribution is 5.91. The summed E-state index contributed by atoms with van der Waals surface area (Å²) in [6.07, 6.45) is 2.00. The number of rotatable bonds is 2. The van der Waals surface area contributed by atoms with Crippen LogP contribution < -0.4 is 0 Å². The molecule has 0 aromatic heterocycles. The molecule has 7 unspecified atom stereocenters. The number of ether oxygens (including phenoxy) is 3. The van der Waals surface area contributed by atoms with Crippen LogP contribution in [-0.4, -0.2) is 47.6 Å². The molecule has 2 heterocycles. The first-order chi connectivity index (χ1) is 12.2. The first kappa shape index (κ1) is 17.7. The van der Waals surface area contributed by atoms with E-state index in [0.717, 1.165) is 6.42 Å². The van der Waals surface area contributed by atoms with E-state index in [1.54, 1.807) is 19.9 Å². The summed E-state index contributed by atoms with van der Waals surface area (Å²) >= 11 is 0. The Morgan fingerprint density at radius 2 is 2.15 bits per heavy atom. The normalized spacial score (nSPS) is 47.2. The van der Waals surface area contributed by atoms with Crippen LogP contribution in [0.1, 0.15) is 40.0 Å². The Bertz CT molecular complexity index is 705. The highest BCUT2D eigenvalue weighted by Crippen LogP contribution is 2.63. The predicted octanol–water partition coefficient (Wildman–Crippen LogP) is 1.91. The Hall–Kier alpha value is -1.66. The summed E-state index contributed by atoms with van der Waals surface area (Å²) in [7, 11) is 0. The second-order valence-corrected chi connectivity index (χ2v) is 8.43. The van der Waals surface area contributed by atoms with Gasteiger partial charge in [0.1, 0.15) is 12.2 Å². The lowest BCUT2D eigenvalue weighted by molar-refractivity contribution is -0.202. The zero-order valence-electron chi connectivity index (χ0n) is 15.5. The molecule has 1 N–H and O–H groups in total. The van der Waals surface area contributed by atoms with Gasteiger partial charge in [-0.15, -0.1) is 0 Å². The topological polar surface area (TPSA) is 85.4 Å². The number of carbonyl (C=O) groups excluding carboxylic acids is 2. The van der Waals surface area contributed by atoms with Gasteiger partial charge in [-0.2, -0.15) is 0 Å². The average Bonchev–Trinajstić information content (AvgIpc) is 3.29. The first-order valence-electron chi connectivity index (χ1n) is 9.29. The highest BCUT2D eigenvalue weighted by atomic mass is 16.6. The van der Waals surface area contributed by atoms with Crippen molar-refractivity contribution in [2.75, 3.05) is 6.61 Å². The van der Waals surface area contributed by atoms with Crippen LogP contribution in [0.4, 0.5) is 0 Å². The lowest BCUT2D eigenvalue weighted by atomic mass is 9.51. The van der Waals surface area contributed by atoms with Gasteiger partial charge in [0.15, 0.2) is 0 Å². The minimum atomic E-state index is -0.752. The van der Waals surface area contributed by atoms with E-state index in [1.165, 1.54) is 0 Å². The maximum Gasteiger partial charge on any atom is 0.334 e. The number of hydrogen-bond acceptors (Lipinski definition) is 6. The lowest BCUT2D eigenvalue weighted by Gasteiger charge is -2.56. The lowest BCUT2D eigenvalue weighted by Crippen LogP contribution is -2.63. The summed E-state index contributed by atoms with van der Waals surface area (Å²) in [4.78, 5) is 24.5. The third-order valence-corrected chi connectivity index (χ3v) is 7.02. The maximum atomic E-state index is 12.4. The van der Waals surface area contributed by atoms with Crippen LogP contribution in [0.5, 0.6) is 0 Å². The summed E-state index contributed by atoms with van der Waals surface area (Å²) < 4.78 is 17.4. The predicted molar refractivity (Wildman–Crippen MR) is 92.0 cm³/mol. The van der Waals surface area contributed by atoms with Gasteiger partial charge in [-0.3, -0.25) is 0 Å². The minimum Gasteiger partial charge on any atom is -0.458 e. The van der Waals surface area contributed by atoms with E-state index < -0.39 is 29.5 Å². The molecule has 4 fully saturated rings. The summed E-state index contributed by atoms with van der Waals surface area (Å²) in [5.41, 5.74) is 0.0257. The van der Waals surface area contributed by atoms with Gasteiger partial charge in [0.25, 0.3) is 0 Å². The van der Waals surface area contributed by atoms with E-state index in [0.29, 0.717) is 30.6 Å². The van der Waals surface area contributed by atoms with E-state index in [4.69, 9.17) is 14.2 Å². The monoisotopic (exact) mass is 362 g/mol. The molecule has 0 amide bonds. The van der Waals surface area contributed by atoms with Crippen molar-refractivity contribution in [1.82, 2.24) is 0 Å². The molecular formula is C20H26O6. The van der Waals surface area contributed by atoms with Gasteiger partial charge in [-0.1, -0.05) is 19.6 Å². The summed E-state index contributed by atoms with van der Waals surface area (Å²) in [5, 5.41) is 10.8. The third-order valence-electron chi connectivity index (χ3n) is 7.02. The van der Waals surface area contributed by atoms with Crippen molar-refractivity contribution in [2.24, 2.45) is 17.3 Å². The fraction of sp³-hybridized carbons (Fsp3) is 0.700. The van der Waals surface area contributed by atoms with Gasteiger partial charge in [0.2, 0.25) is 0 Å². The number of epoxide rings is 1. The minimum absolute atomic E-state index is 0.121. The van der Waals surface area contributed by atoms with E-state index in [9.17, 15) is 14.7 Å². The first-order valence-corrected chi connectivity index (χ1v) is 9.29. The third kappa shape index (κ3) is 2.31. The zero-order valence-corrected chi connectivity index (χ0v) is 15.5. The second kappa shape index (κ2) is 5.67. The molecule has 0 bridgehead atoms. The van der Waals surface area contributed by atoms with Crippen molar-refractivity contribution in [3.63, 3.8) is 0 Å². The highest BCUT2D eigenvalue weighted by Gasteiger charge is 2.72. The van der Waals surface area contributed by atoms with Crippen LogP contribution >= 0.6 is 0 Å². The quantitative estimate of drug-likeness (QED) is 0.459. The number of fused-ring (bicyclic) bond motifs is 4. The second-order valence-electron chi connectivity index (χ2n) is 8.43. The average molecular weight is 362 g/mol. The number of carbonyl (C=O) groups is 2. The smallest absolute Gasteiger partial charge is 0.334 e. The van der Waals surface area contributed by atoms with Crippen molar-refractivity contribution in [1.29, 1.82) is 0 Å². The molecule has 1 spiro atoms. The Balaban J connectivity index is 1.70. The summed E-state index contributed by atoms with van der Waals surface area (Å²) in [5.74, 6) is -1.31. The molecule has 4 rings (SSSR count). The van der Waals surface area contributed by atoms with Crippen molar-refractivity contribution >= 4 is 11.9 Å². The van der Waals surface area contributed by atoms with Crippen molar-refractivity contribution in [3.05, 3.63) is 23.8 Å². The van der Waals surface area contributed by atoms with E-state index >= 15 is 0 Å². The molecule has 0 aromatic carbocycles. The van der Waals surface area contributed by atoms with Crippen LogP contribution in [0.2, 0.25) is 0 Å². The molecule has 2 aliphatic heterocycles. The maximum absolute atomic E-state index is 12.4. The molecule has 0 radical (unpaired) electrons. The Morgan fingerprint density at radius 1 is 1.46 bits per heavy atom. The molecule has 6 heteroatoms. The fourth-order valence-electron chi connectivity index (χ4n) is 5.46. The molecule has 2 aliphatic carbocycles. The molecule has 6 nitrogen and oxygen atoms in total. The Morgan fingerprint density at radius 3 is 2.77 bits per heavy atom. The fourth-order valence-corrected chi connectivity index (χ4v) is 5.46. The van der Waals surface area contributed by atoms with E-state index in [1.807, 2.05) is 6.92 Å². The molecular weight excluding hydrogens is 336 g/mol. The van der Waals surface area contributed by atoms with Crippen molar-refractivity contribution in [2.45, 2.75) is 63.9 Å². The number of esters is 2.